The maximum Gasteiger partial charge on any atom is 0.252 e. The molecule has 0 spiro atoms. The van der Waals surface area contributed by atoms with Crippen LogP contribution in [0.1, 0.15) is 40.1 Å². The van der Waals surface area contributed by atoms with Gasteiger partial charge in [0.2, 0.25) is 0 Å². The van der Waals surface area contributed by atoms with E-state index in [2.05, 4.69) is 27.1 Å². The Morgan fingerprint density at radius 2 is 1.87 bits per heavy atom. The van der Waals surface area contributed by atoms with Gasteiger partial charge in [0.05, 0.1) is 23.2 Å². The molecule has 2 atom stereocenters. The molecule has 3 aromatic carbocycles. The Morgan fingerprint density at radius 1 is 1.11 bits per heavy atom. The maximum atomic E-state index is 14.7. The van der Waals surface area contributed by atoms with Crippen LogP contribution in [0, 0.1) is 17.6 Å². The maximum absolute atomic E-state index is 14.7. The highest BCUT2D eigenvalue weighted by molar-refractivity contribution is 6.32. The molecule has 196 valence electrons. The number of aromatic amines is 1. The molecule has 1 fully saturated rings. The monoisotopic (exact) mass is 518 g/mol. The van der Waals surface area contributed by atoms with Crippen molar-refractivity contribution in [2.24, 2.45) is 5.92 Å². The van der Waals surface area contributed by atoms with E-state index in [4.69, 9.17) is 4.74 Å². The van der Waals surface area contributed by atoms with Gasteiger partial charge in [0.15, 0.2) is 6.29 Å². The van der Waals surface area contributed by atoms with Gasteiger partial charge in [0.25, 0.3) is 5.91 Å². The quantitative estimate of drug-likeness (QED) is 0.291. The van der Waals surface area contributed by atoms with Gasteiger partial charge >= 0.3 is 0 Å². The number of H-pyrrole nitrogens is 1. The van der Waals surface area contributed by atoms with Gasteiger partial charge in [-0.2, -0.15) is 0 Å². The molecule has 0 saturated carbocycles. The van der Waals surface area contributed by atoms with Gasteiger partial charge in [-0.15, -0.1) is 0 Å². The number of ether oxygens (including phenoxy) is 1. The molecule has 1 amide bonds. The molecular weight excluding hydrogens is 490 g/mol. The zero-order valence-electron chi connectivity index (χ0n) is 21.2. The minimum absolute atomic E-state index is 0.0705. The first-order valence-electron chi connectivity index (χ1n) is 12.8. The van der Waals surface area contributed by atoms with Crippen molar-refractivity contribution in [3.8, 4) is 0 Å². The lowest BCUT2D eigenvalue weighted by Crippen LogP contribution is -2.30. The summed E-state index contributed by atoms with van der Waals surface area (Å²) in [5.41, 5.74) is 2.96. The van der Waals surface area contributed by atoms with E-state index < -0.39 is 17.5 Å². The third kappa shape index (κ3) is 3.68. The van der Waals surface area contributed by atoms with Crippen molar-refractivity contribution in [1.82, 2.24) is 20.2 Å². The van der Waals surface area contributed by atoms with E-state index in [0.717, 1.165) is 11.9 Å². The number of carbonyl (C=O) groups excluding carboxylic acids is 2. The van der Waals surface area contributed by atoms with E-state index in [1.54, 1.807) is 12.1 Å². The molecule has 0 bridgehead atoms. The Bertz CT molecular complexity index is 1740. The van der Waals surface area contributed by atoms with Crippen molar-refractivity contribution in [2.45, 2.75) is 19.4 Å². The summed E-state index contributed by atoms with van der Waals surface area (Å²) in [6.45, 7) is 4.70. The van der Waals surface area contributed by atoms with Crippen molar-refractivity contribution in [3.63, 3.8) is 0 Å². The first-order chi connectivity index (χ1) is 18.4. The second-order valence-corrected chi connectivity index (χ2v) is 9.96. The van der Waals surface area contributed by atoms with Gasteiger partial charge < -0.3 is 24.9 Å². The number of aldehydes is 1. The van der Waals surface area contributed by atoms with Crippen molar-refractivity contribution in [2.75, 3.05) is 33.4 Å². The van der Waals surface area contributed by atoms with Crippen LogP contribution in [0.4, 0.5) is 8.78 Å². The molecule has 5 aromatic rings. The number of hydrogen-bond donors (Lipinski definition) is 3. The highest BCUT2D eigenvalue weighted by Gasteiger charge is 2.31. The van der Waals surface area contributed by atoms with Gasteiger partial charge in [0, 0.05) is 70.9 Å². The van der Waals surface area contributed by atoms with Crippen LogP contribution in [-0.2, 0) is 4.74 Å². The molecule has 9 heteroatoms. The number of hydrogen-bond acceptors (Lipinski definition) is 4. The van der Waals surface area contributed by atoms with Crippen LogP contribution in [0.3, 0.4) is 0 Å². The summed E-state index contributed by atoms with van der Waals surface area (Å²) in [7, 11) is 1.48. The average Bonchev–Trinajstić information content (AvgIpc) is 3.46. The van der Waals surface area contributed by atoms with Crippen LogP contribution >= 0.6 is 0 Å². The number of nitrogens with one attached hydrogen (secondary N) is 3. The number of carbonyl (C=O) groups is 2. The van der Waals surface area contributed by atoms with E-state index >= 15 is 0 Å². The minimum Gasteiger partial charge on any atom is -0.380 e. The highest BCUT2D eigenvalue weighted by Crippen LogP contribution is 2.44. The fourth-order valence-electron chi connectivity index (χ4n) is 5.99. The second kappa shape index (κ2) is 9.49. The Hall–Kier alpha value is -3.82. The molecule has 3 N–H and O–H groups in total. The highest BCUT2D eigenvalue weighted by atomic mass is 19.1. The lowest BCUT2D eigenvalue weighted by atomic mass is 9.94. The molecule has 7 nitrogen and oxygen atoms in total. The van der Waals surface area contributed by atoms with Crippen molar-refractivity contribution < 1.29 is 23.1 Å². The normalized spacial score (nSPS) is 19.1. The molecule has 0 radical (unpaired) electrons. The van der Waals surface area contributed by atoms with Crippen molar-refractivity contribution >= 4 is 55.8 Å². The lowest BCUT2D eigenvalue weighted by Gasteiger charge is -2.27. The fourth-order valence-corrected chi connectivity index (χ4v) is 5.99. The Balaban J connectivity index is 1.86. The number of halogens is 2. The molecular formula is C29H28F2N4O3. The number of aromatic nitrogens is 2. The summed E-state index contributed by atoms with van der Waals surface area (Å²) in [6.07, 6.45) is 1.46. The van der Waals surface area contributed by atoms with Crippen LogP contribution in [0.2, 0.25) is 0 Å². The Kier molecular flexibility index (Phi) is 6.12. The summed E-state index contributed by atoms with van der Waals surface area (Å²) in [5, 5.41) is 8.11. The lowest BCUT2D eigenvalue weighted by molar-refractivity contribution is 0.0959. The third-order valence-electron chi connectivity index (χ3n) is 7.81. The summed E-state index contributed by atoms with van der Waals surface area (Å²) in [6, 6.07) is 8.82. The third-order valence-corrected chi connectivity index (χ3v) is 7.81. The van der Waals surface area contributed by atoms with E-state index in [0.29, 0.717) is 70.7 Å². The van der Waals surface area contributed by atoms with Crippen LogP contribution in [0.15, 0.2) is 36.4 Å². The molecule has 1 aliphatic heterocycles. The van der Waals surface area contributed by atoms with E-state index in [1.165, 1.54) is 31.3 Å². The van der Waals surface area contributed by atoms with Crippen LogP contribution in [0.25, 0.3) is 43.6 Å². The summed E-state index contributed by atoms with van der Waals surface area (Å²) in [5.74, 6) is -1.20. The SMILES string of the molecule is CNC(=O)c1c(C=O)c2c3cc(F)ccc3n(C3CNCCOCC[C@H]3C)c2c2[nH]c3ccc(F)cc3c12. The summed E-state index contributed by atoms with van der Waals surface area (Å²) < 4.78 is 37.0. The first-order valence-corrected chi connectivity index (χ1v) is 12.8. The van der Waals surface area contributed by atoms with Crippen LogP contribution in [-0.4, -0.2) is 55.1 Å². The fraction of sp³-hybridized carbons (Fsp3) is 0.310. The van der Waals surface area contributed by atoms with Gasteiger partial charge in [0.1, 0.15) is 11.6 Å². The van der Waals surface area contributed by atoms with E-state index in [-0.39, 0.29) is 23.1 Å². The molecule has 38 heavy (non-hydrogen) atoms. The topological polar surface area (TPSA) is 88.2 Å². The first kappa shape index (κ1) is 24.5. The molecule has 0 aliphatic carbocycles. The molecule has 1 unspecified atom stereocenters. The van der Waals surface area contributed by atoms with E-state index in [9.17, 15) is 18.4 Å². The van der Waals surface area contributed by atoms with Gasteiger partial charge in [-0.05, 0) is 48.7 Å². The number of benzene rings is 3. The molecule has 1 saturated heterocycles. The van der Waals surface area contributed by atoms with Gasteiger partial charge in [-0.3, -0.25) is 9.59 Å². The van der Waals surface area contributed by atoms with Crippen LogP contribution < -0.4 is 10.6 Å². The molecule has 3 heterocycles. The van der Waals surface area contributed by atoms with E-state index in [1.807, 2.05) is 0 Å². The summed E-state index contributed by atoms with van der Waals surface area (Å²) >= 11 is 0. The Morgan fingerprint density at radius 3 is 2.63 bits per heavy atom. The van der Waals surface area contributed by atoms with Crippen molar-refractivity contribution in [3.05, 3.63) is 59.2 Å². The number of nitrogens with zero attached hydrogens (tertiary/aromatic N) is 1. The number of rotatable bonds is 3. The van der Waals surface area contributed by atoms with Crippen LogP contribution in [0.5, 0.6) is 0 Å². The molecule has 1 aliphatic rings. The average molecular weight is 519 g/mol. The van der Waals surface area contributed by atoms with Gasteiger partial charge in [-0.25, -0.2) is 8.78 Å². The Labute approximate surface area is 217 Å². The zero-order valence-corrected chi connectivity index (χ0v) is 21.2. The molecule has 2 aromatic heterocycles. The standard InChI is InChI=1S/C29H28F2N4O3/c1-15-7-9-38-10-8-33-13-23(15)35-22-6-4-17(31)12-19(22)24-20(14-36)26(29(37)32-2)25-18-11-16(30)3-5-21(18)34-27(25)28(24)35/h3-6,11-12,14-15,23,33-34H,7-10,13H2,1-2H3,(H,32,37)/t15-,23?/m1/s1. The minimum atomic E-state index is -0.476. The number of amides is 1. The van der Waals surface area contributed by atoms with Gasteiger partial charge in [-0.1, -0.05) is 6.92 Å². The second-order valence-electron chi connectivity index (χ2n) is 9.96. The molecule has 6 rings (SSSR count). The predicted molar refractivity (Wildman–Crippen MR) is 144 cm³/mol. The summed E-state index contributed by atoms with van der Waals surface area (Å²) in [4.78, 5) is 29.4. The predicted octanol–water partition coefficient (Wildman–Crippen LogP) is 5.07. The van der Waals surface area contributed by atoms with Crippen molar-refractivity contribution in [1.29, 1.82) is 0 Å². The smallest absolute Gasteiger partial charge is 0.252 e. The number of fused-ring (bicyclic) bond motifs is 7. The largest absolute Gasteiger partial charge is 0.380 e. The zero-order chi connectivity index (χ0) is 26.6.